The maximum atomic E-state index is 11.8. The molecule has 2 N–H and O–H groups in total. The molecule has 1 unspecified atom stereocenters. The molecule has 1 amide bonds. The second-order valence-corrected chi connectivity index (χ2v) is 5.38. The summed E-state index contributed by atoms with van der Waals surface area (Å²) in [5.74, 6) is 0.602. The van der Waals surface area contributed by atoms with Crippen molar-refractivity contribution in [2.45, 2.75) is 47.1 Å². The Morgan fingerprint density at radius 1 is 1.40 bits per heavy atom. The zero-order valence-corrected chi connectivity index (χ0v) is 12.5. The number of hydrogen-bond acceptors (Lipinski definition) is 3. The van der Waals surface area contributed by atoms with Gasteiger partial charge < -0.3 is 14.8 Å². The van der Waals surface area contributed by atoms with Gasteiger partial charge in [-0.15, -0.1) is 0 Å². The van der Waals surface area contributed by atoms with Gasteiger partial charge in [0.05, 0.1) is 6.54 Å². The van der Waals surface area contributed by atoms with E-state index in [9.17, 15) is 9.59 Å². The minimum absolute atomic E-state index is 0.0310. The van der Waals surface area contributed by atoms with Crippen molar-refractivity contribution in [2.24, 2.45) is 11.8 Å². The third-order valence-corrected chi connectivity index (χ3v) is 3.57. The molecule has 112 valence electrons. The van der Waals surface area contributed by atoms with Crippen LogP contribution in [0.25, 0.3) is 0 Å². The molecule has 0 fully saturated rings. The smallest absolute Gasteiger partial charge is 0.339 e. The van der Waals surface area contributed by atoms with Crippen molar-refractivity contribution in [1.29, 1.82) is 0 Å². The van der Waals surface area contributed by atoms with Crippen molar-refractivity contribution in [1.82, 2.24) is 5.32 Å². The first-order valence-electron chi connectivity index (χ1n) is 6.94. The normalized spacial score (nSPS) is 12.4. The van der Waals surface area contributed by atoms with E-state index in [2.05, 4.69) is 26.1 Å². The standard InChI is InChI=1S/C15H23NO4/c1-5-11(9(2)3)6-14(17)16-8-12-7-13(15(18)19)10(4)20-12/h7,9,11H,5-6,8H2,1-4H3,(H,16,17)(H,18,19). The number of hydrogen-bond donors (Lipinski definition) is 2. The molecule has 0 aromatic carbocycles. The third kappa shape index (κ3) is 4.40. The fraction of sp³-hybridized carbons (Fsp3) is 0.600. The third-order valence-electron chi connectivity index (χ3n) is 3.57. The van der Waals surface area contributed by atoms with E-state index in [1.165, 1.54) is 6.07 Å². The Balaban J connectivity index is 2.53. The van der Waals surface area contributed by atoms with Crippen molar-refractivity contribution in [2.75, 3.05) is 0 Å². The molecule has 1 rings (SSSR count). The van der Waals surface area contributed by atoms with Crippen molar-refractivity contribution in [3.05, 3.63) is 23.2 Å². The summed E-state index contributed by atoms with van der Waals surface area (Å²) in [7, 11) is 0. The van der Waals surface area contributed by atoms with Crippen LogP contribution < -0.4 is 5.32 Å². The fourth-order valence-electron chi connectivity index (χ4n) is 2.19. The molecule has 0 radical (unpaired) electrons. The number of carbonyl (C=O) groups excluding carboxylic acids is 1. The number of amides is 1. The summed E-state index contributed by atoms with van der Waals surface area (Å²) in [5, 5.41) is 11.7. The maximum absolute atomic E-state index is 11.8. The van der Waals surface area contributed by atoms with Crippen LogP contribution in [0.15, 0.2) is 10.5 Å². The lowest BCUT2D eigenvalue weighted by Crippen LogP contribution is -2.26. The number of aromatic carboxylic acids is 1. The number of carboxylic acids is 1. The van der Waals surface area contributed by atoms with E-state index < -0.39 is 5.97 Å². The number of aryl methyl sites for hydroxylation is 1. The minimum atomic E-state index is -1.02. The first-order valence-corrected chi connectivity index (χ1v) is 6.94. The van der Waals surface area contributed by atoms with Crippen LogP contribution in [-0.4, -0.2) is 17.0 Å². The molecule has 1 atom stereocenters. The zero-order chi connectivity index (χ0) is 15.3. The molecule has 1 aromatic heterocycles. The summed E-state index contributed by atoms with van der Waals surface area (Å²) in [4.78, 5) is 22.7. The monoisotopic (exact) mass is 281 g/mol. The first-order chi connectivity index (χ1) is 9.35. The first kappa shape index (κ1) is 16.3. The van der Waals surface area contributed by atoms with Gasteiger partial charge in [0.2, 0.25) is 5.91 Å². The molecule has 0 bridgehead atoms. The summed E-state index contributed by atoms with van der Waals surface area (Å²) in [6, 6.07) is 1.46. The van der Waals surface area contributed by atoms with E-state index in [1.807, 2.05) is 0 Å². The highest BCUT2D eigenvalue weighted by Gasteiger charge is 2.17. The Morgan fingerprint density at radius 2 is 2.05 bits per heavy atom. The van der Waals surface area contributed by atoms with Crippen molar-refractivity contribution < 1.29 is 19.1 Å². The van der Waals surface area contributed by atoms with Crippen LogP contribution in [0.2, 0.25) is 0 Å². The van der Waals surface area contributed by atoms with Gasteiger partial charge in [-0.3, -0.25) is 4.79 Å². The van der Waals surface area contributed by atoms with Gasteiger partial charge in [0.15, 0.2) is 0 Å². The average Bonchev–Trinajstić information content (AvgIpc) is 2.74. The Kier molecular flexibility index (Phi) is 5.80. The molecule has 20 heavy (non-hydrogen) atoms. The predicted octanol–water partition coefficient (Wildman–Crippen LogP) is 2.97. The topological polar surface area (TPSA) is 79.5 Å². The Labute approximate surface area is 119 Å². The van der Waals surface area contributed by atoms with Crippen LogP contribution in [-0.2, 0) is 11.3 Å². The summed E-state index contributed by atoms with van der Waals surface area (Å²) in [5.41, 5.74) is 0.142. The van der Waals surface area contributed by atoms with Gasteiger partial charge >= 0.3 is 5.97 Å². The van der Waals surface area contributed by atoms with Crippen LogP contribution in [0.1, 0.15) is 55.5 Å². The van der Waals surface area contributed by atoms with Crippen molar-refractivity contribution in [3.63, 3.8) is 0 Å². The molecule has 0 saturated heterocycles. The van der Waals surface area contributed by atoms with Crippen LogP contribution in [0.3, 0.4) is 0 Å². The summed E-state index contributed by atoms with van der Waals surface area (Å²) < 4.78 is 5.31. The quantitative estimate of drug-likeness (QED) is 0.805. The molecule has 5 heteroatoms. The molecular formula is C15H23NO4. The Hall–Kier alpha value is -1.78. The van der Waals surface area contributed by atoms with Crippen molar-refractivity contribution in [3.8, 4) is 0 Å². The van der Waals surface area contributed by atoms with Gasteiger partial charge in [-0.05, 0) is 24.8 Å². The molecule has 0 aliphatic heterocycles. The molecule has 0 saturated carbocycles. The van der Waals surface area contributed by atoms with Crippen LogP contribution >= 0.6 is 0 Å². The Bertz CT molecular complexity index is 476. The molecule has 0 aliphatic rings. The highest BCUT2D eigenvalue weighted by Crippen LogP contribution is 2.19. The molecule has 0 spiro atoms. The second kappa shape index (κ2) is 7.12. The summed E-state index contributed by atoms with van der Waals surface area (Å²) >= 11 is 0. The summed E-state index contributed by atoms with van der Waals surface area (Å²) in [6.07, 6.45) is 1.45. The minimum Gasteiger partial charge on any atom is -0.478 e. The molecule has 5 nitrogen and oxygen atoms in total. The molecule has 0 aliphatic carbocycles. The van der Waals surface area contributed by atoms with Gasteiger partial charge in [-0.2, -0.15) is 0 Å². The van der Waals surface area contributed by atoms with Gasteiger partial charge in [0.25, 0.3) is 0 Å². The number of nitrogens with one attached hydrogen (secondary N) is 1. The highest BCUT2D eigenvalue weighted by molar-refractivity contribution is 5.88. The van der Waals surface area contributed by atoms with Gasteiger partial charge in [-0.25, -0.2) is 4.79 Å². The van der Waals surface area contributed by atoms with E-state index in [0.29, 0.717) is 29.8 Å². The van der Waals surface area contributed by atoms with E-state index >= 15 is 0 Å². The zero-order valence-electron chi connectivity index (χ0n) is 12.5. The molecule has 1 aromatic rings. The predicted molar refractivity (Wildman–Crippen MR) is 75.5 cm³/mol. The number of carboxylic acid groups (broad SMARTS) is 1. The second-order valence-electron chi connectivity index (χ2n) is 5.38. The number of carbonyl (C=O) groups is 2. The maximum Gasteiger partial charge on any atom is 0.339 e. The van der Waals surface area contributed by atoms with Crippen molar-refractivity contribution >= 4 is 11.9 Å². The van der Waals surface area contributed by atoms with Crippen LogP contribution in [0, 0.1) is 18.8 Å². The fourth-order valence-corrected chi connectivity index (χ4v) is 2.19. The van der Waals surface area contributed by atoms with Gasteiger partial charge in [0, 0.05) is 6.42 Å². The number of furan rings is 1. The van der Waals surface area contributed by atoms with Crippen LogP contribution in [0.5, 0.6) is 0 Å². The SMILES string of the molecule is CCC(CC(=O)NCc1cc(C(=O)O)c(C)o1)C(C)C. The largest absolute Gasteiger partial charge is 0.478 e. The van der Waals surface area contributed by atoms with E-state index in [0.717, 1.165) is 6.42 Å². The van der Waals surface area contributed by atoms with E-state index in [4.69, 9.17) is 9.52 Å². The lowest BCUT2D eigenvalue weighted by Gasteiger charge is -2.18. The van der Waals surface area contributed by atoms with Gasteiger partial charge in [0.1, 0.15) is 17.1 Å². The molecule has 1 heterocycles. The number of rotatable bonds is 7. The average molecular weight is 281 g/mol. The van der Waals surface area contributed by atoms with Gasteiger partial charge in [-0.1, -0.05) is 27.2 Å². The lowest BCUT2D eigenvalue weighted by atomic mass is 9.90. The Morgan fingerprint density at radius 3 is 2.50 bits per heavy atom. The summed E-state index contributed by atoms with van der Waals surface area (Å²) in [6.45, 7) is 8.11. The lowest BCUT2D eigenvalue weighted by molar-refractivity contribution is -0.122. The van der Waals surface area contributed by atoms with Crippen LogP contribution in [0.4, 0.5) is 0 Å². The highest BCUT2D eigenvalue weighted by atomic mass is 16.4. The molecular weight excluding hydrogens is 258 g/mol. The van der Waals surface area contributed by atoms with E-state index in [1.54, 1.807) is 6.92 Å². The van der Waals surface area contributed by atoms with E-state index in [-0.39, 0.29) is 18.0 Å².